The highest BCUT2D eigenvalue weighted by Crippen LogP contribution is 2.15. The Hall–Kier alpha value is -1.45. The summed E-state index contributed by atoms with van der Waals surface area (Å²) in [5.74, 6) is -0.211. The molecule has 0 atom stereocenters. The molecule has 2 aromatic rings. The highest BCUT2D eigenvalue weighted by molar-refractivity contribution is 5.37. The summed E-state index contributed by atoms with van der Waals surface area (Å²) < 4.78 is 14.6. The minimum atomic E-state index is -0.448. The maximum absolute atomic E-state index is 13.0. The summed E-state index contributed by atoms with van der Waals surface area (Å²) in [6.07, 6.45) is 1.62. The van der Waals surface area contributed by atoms with Crippen LogP contribution in [0.25, 0.3) is 5.65 Å². The molecule has 0 spiro atoms. The van der Waals surface area contributed by atoms with Crippen LogP contribution in [0, 0.1) is 5.95 Å². The lowest BCUT2D eigenvalue weighted by molar-refractivity contribution is 0.572. The van der Waals surface area contributed by atoms with Crippen LogP contribution in [0.3, 0.4) is 0 Å². The van der Waals surface area contributed by atoms with E-state index >= 15 is 0 Å². The van der Waals surface area contributed by atoms with E-state index in [9.17, 15) is 4.39 Å². The average molecular weight is 179 g/mol. The van der Waals surface area contributed by atoms with Crippen molar-refractivity contribution in [3.05, 3.63) is 30.0 Å². The Morgan fingerprint density at radius 1 is 1.46 bits per heavy atom. The fourth-order valence-electron chi connectivity index (χ4n) is 1.32. The van der Waals surface area contributed by atoms with Crippen molar-refractivity contribution in [1.82, 2.24) is 14.6 Å². The van der Waals surface area contributed by atoms with Crippen LogP contribution in [0.5, 0.6) is 0 Å². The molecule has 0 aliphatic carbocycles. The van der Waals surface area contributed by atoms with Gasteiger partial charge in [-0.25, -0.2) is 9.50 Å². The van der Waals surface area contributed by atoms with Gasteiger partial charge in [0.2, 0.25) is 5.95 Å². The standard InChI is InChI=1S/C9H10FN3/c1-6(2)7-5-8(10)12-9-3-4-11-13(7)9/h3-6H,1-2H3. The third-order valence-corrected chi connectivity index (χ3v) is 1.95. The van der Waals surface area contributed by atoms with Crippen molar-refractivity contribution < 1.29 is 4.39 Å². The third-order valence-electron chi connectivity index (χ3n) is 1.95. The second-order valence-electron chi connectivity index (χ2n) is 3.26. The van der Waals surface area contributed by atoms with Crippen LogP contribution in [-0.2, 0) is 0 Å². The van der Waals surface area contributed by atoms with Gasteiger partial charge in [0, 0.05) is 12.1 Å². The maximum Gasteiger partial charge on any atom is 0.216 e. The van der Waals surface area contributed by atoms with E-state index in [1.165, 1.54) is 6.07 Å². The first kappa shape index (κ1) is 8.16. The molecule has 0 bridgehead atoms. The van der Waals surface area contributed by atoms with Crippen LogP contribution in [-0.4, -0.2) is 14.6 Å². The number of fused-ring (bicyclic) bond motifs is 1. The Kier molecular flexibility index (Phi) is 1.76. The molecule has 4 heteroatoms. The molecular formula is C9H10FN3. The highest BCUT2D eigenvalue weighted by atomic mass is 19.1. The van der Waals surface area contributed by atoms with Crippen molar-refractivity contribution in [3.63, 3.8) is 0 Å². The number of halogens is 1. The van der Waals surface area contributed by atoms with E-state index in [0.717, 1.165) is 5.69 Å². The van der Waals surface area contributed by atoms with E-state index in [4.69, 9.17) is 0 Å². The average Bonchev–Trinajstić information content (AvgIpc) is 2.49. The van der Waals surface area contributed by atoms with Crippen molar-refractivity contribution in [2.24, 2.45) is 0 Å². The van der Waals surface area contributed by atoms with Crippen LogP contribution in [0.4, 0.5) is 4.39 Å². The highest BCUT2D eigenvalue weighted by Gasteiger charge is 2.08. The first-order chi connectivity index (χ1) is 6.18. The van der Waals surface area contributed by atoms with Crippen LogP contribution < -0.4 is 0 Å². The fourth-order valence-corrected chi connectivity index (χ4v) is 1.32. The molecule has 2 rings (SSSR count). The molecule has 0 fully saturated rings. The van der Waals surface area contributed by atoms with Gasteiger partial charge in [-0.05, 0) is 5.92 Å². The van der Waals surface area contributed by atoms with Gasteiger partial charge < -0.3 is 0 Å². The van der Waals surface area contributed by atoms with E-state index in [1.807, 2.05) is 13.8 Å². The molecule has 0 aliphatic heterocycles. The van der Waals surface area contributed by atoms with Gasteiger partial charge in [0.15, 0.2) is 5.65 Å². The molecule has 0 amide bonds. The lowest BCUT2D eigenvalue weighted by Gasteiger charge is -2.07. The number of nitrogens with zero attached hydrogens (tertiary/aromatic N) is 3. The number of hydrogen-bond acceptors (Lipinski definition) is 2. The summed E-state index contributed by atoms with van der Waals surface area (Å²) in [5, 5.41) is 4.07. The molecular weight excluding hydrogens is 169 g/mol. The van der Waals surface area contributed by atoms with Crippen molar-refractivity contribution in [2.45, 2.75) is 19.8 Å². The first-order valence-electron chi connectivity index (χ1n) is 4.18. The van der Waals surface area contributed by atoms with Gasteiger partial charge in [-0.3, -0.25) is 0 Å². The molecule has 0 saturated carbocycles. The van der Waals surface area contributed by atoms with Crippen molar-refractivity contribution in [3.8, 4) is 0 Å². The zero-order valence-electron chi connectivity index (χ0n) is 7.53. The maximum atomic E-state index is 13.0. The van der Waals surface area contributed by atoms with Gasteiger partial charge in [0.25, 0.3) is 0 Å². The van der Waals surface area contributed by atoms with Crippen LogP contribution >= 0.6 is 0 Å². The number of rotatable bonds is 1. The summed E-state index contributed by atoms with van der Waals surface area (Å²) in [7, 11) is 0. The summed E-state index contributed by atoms with van der Waals surface area (Å²) in [4.78, 5) is 3.71. The monoisotopic (exact) mass is 179 g/mol. The minimum absolute atomic E-state index is 0.236. The topological polar surface area (TPSA) is 30.2 Å². The molecule has 2 aromatic heterocycles. The molecule has 13 heavy (non-hydrogen) atoms. The van der Waals surface area contributed by atoms with Crippen molar-refractivity contribution in [2.75, 3.05) is 0 Å². The third kappa shape index (κ3) is 1.28. The SMILES string of the molecule is CC(C)c1cc(F)nc2ccnn12. The quantitative estimate of drug-likeness (QED) is 0.627. The molecule has 3 nitrogen and oxygen atoms in total. The zero-order chi connectivity index (χ0) is 9.42. The molecule has 0 saturated heterocycles. The molecule has 0 aromatic carbocycles. The Morgan fingerprint density at radius 3 is 2.92 bits per heavy atom. The Morgan fingerprint density at radius 2 is 2.23 bits per heavy atom. The zero-order valence-corrected chi connectivity index (χ0v) is 7.53. The second-order valence-corrected chi connectivity index (χ2v) is 3.26. The van der Waals surface area contributed by atoms with Gasteiger partial charge in [-0.1, -0.05) is 13.8 Å². The smallest absolute Gasteiger partial charge is 0.216 e. The molecule has 0 unspecified atom stereocenters. The van der Waals surface area contributed by atoms with Gasteiger partial charge in [-0.2, -0.15) is 9.49 Å². The van der Waals surface area contributed by atoms with Crippen LogP contribution in [0.1, 0.15) is 25.5 Å². The first-order valence-corrected chi connectivity index (χ1v) is 4.18. The van der Waals surface area contributed by atoms with Crippen molar-refractivity contribution in [1.29, 1.82) is 0 Å². The van der Waals surface area contributed by atoms with Gasteiger partial charge in [-0.15, -0.1) is 0 Å². The van der Waals surface area contributed by atoms with Gasteiger partial charge in [0.05, 0.1) is 11.9 Å². The van der Waals surface area contributed by atoms with Gasteiger partial charge >= 0.3 is 0 Å². The van der Waals surface area contributed by atoms with E-state index in [-0.39, 0.29) is 5.92 Å². The number of hydrogen-bond donors (Lipinski definition) is 0. The van der Waals surface area contributed by atoms with E-state index in [2.05, 4.69) is 10.1 Å². The predicted octanol–water partition coefficient (Wildman–Crippen LogP) is 1.99. The lowest BCUT2D eigenvalue weighted by atomic mass is 10.1. The molecule has 2 heterocycles. The summed E-state index contributed by atoms with van der Waals surface area (Å²) >= 11 is 0. The second kappa shape index (κ2) is 2.80. The van der Waals surface area contributed by atoms with E-state index in [1.54, 1.807) is 16.8 Å². The lowest BCUT2D eigenvalue weighted by Crippen LogP contribution is -2.03. The fraction of sp³-hybridized carbons (Fsp3) is 0.333. The number of aromatic nitrogens is 3. The Bertz CT molecular complexity index is 433. The molecule has 0 radical (unpaired) electrons. The predicted molar refractivity (Wildman–Crippen MR) is 47.0 cm³/mol. The van der Waals surface area contributed by atoms with E-state index < -0.39 is 5.95 Å². The summed E-state index contributed by atoms with van der Waals surface area (Å²) in [6.45, 7) is 3.99. The Balaban J connectivity index is 2.77. The summed E-state index contributed by atoms with van der Waals surface area (Å²) in [5.41, 5.74) is 1.40. The normalized spacial score (nSPS) is 11.4. The molecule has 0 aliphatic rings. The molecule has 68 valence electrons. The summed E-state index contributed by atoms with van der Waals surface area (Å²) in [6, 6.07) is 3.11. The van der Waals surface area contributed by atoms with Crippen LogP contribution in [0.2, 0.25) is 0 Å². The van der Waals surface area contributed by atoms with Gasteiger partial charge in [0.1, 0.15) is 0 Å². The van der Waals surface area contributed by atoms with E-state index in [0.29, 0.717) is 5.65 Å². The largest absolute Gasteiger partial charge is 0.219 e. The van der Waals surface area contributed by atoms with Crippen molar-refractivity contribution >= 4 is 5.65 Å². The minimum Gasteiger partial charge on any atom is -0.219 e. The molecule has 0 N–H and O–H groups in total. The Labute approximate surface area is 75.2 Å². The van der Waals surface area contributed by atoms with Crippen LogP contribution in [0.15, 0.2) is 18.3 Å².